The lowest BCUT2D eigenvalue weighted by Crippen LogP contribution is -2.12. The highest BCUT2D eigenvalue weighted by molar-refractivity contribution is 5.83. The molecule has 2 heterocycles. The van der Waals surface area contributed by atoms with Crippen molar-refractivity contribution < 1.29 is 4.74 Å². The molecule has 1 aliphatic rings. The standard InChI is InChI=1S/C11H9NO2/c13-11-9-6-14-5-8(9)7-3-1-2-4-10(7)12-11/h1-4H,5-6H2,(H,12,13). The van der Waals surface area contributed by atoms with Gasteiger partial charge in [-0.2, -0.15) is 0 Å². The van der Waals surface area contributed by atoms with Crippen LogP contribution in [0.15, 0.2) is 29.1 Å². The minimum atomic E-state index is -0.0174. The van der Waals surface area contributed by atoms with Gasteiger partial charge in [0.15, 0.2) is 0 Å². The van der Waals surface area contributed by atoms with E-state index in [0.29, 0.717) is 13.2 Å². The predicted molar refractivity (Wildman–Crippen MR) is 53.1 cm³/mol. The van der Waals surface area contributed by atoms with Gasteiger partial charge in [0.05, 0.1) is 13.2 Å². The highest BCUT2D eigenvalue weighted by atomic mass is 16.5. The quantitative estimate of drug-likeness (QED) is 0.680. The van der Waals surface area contributed by atoms with E-state index >= 15 is 0 Å². The van der Waals surface area contributed by atoms with Gasteiger partial charge in [0, 0.05) is 16.5 Å². The smallest absolute Gasteiger partial charge is 0.254 e. The summed E-state index contributed by atoms with van der Waals surface area (Å²) < 4.78 is 5.28. The fourth-order valence-corrected chi connectivity index (χ4v) is 1.93. The number of benzene rings is 1. The predicted octanol–water partition coefficient (Wildman–Crippen LogP) is 1.56. The number of H-pyrrole nitrogens is 1. The van der Waals surface area contributed by atoms with E-state index in [-0.39, 0.29) is 5.56 Å². The third kappa shape index (κ3) is 0.930. The van der Waals surface area contributed by atoms with Crippen LogP contribution in [0.3, 0.4) is 0 Å². The first-order valence-corrected chi connectivity index (χ1v) is 4.57. The van der Waals surface area contributed by atoms with Crippen LogP contribution in [0.4, 0.5) is 0 Å². The van der Waals surface area contributed by atoms with Crippen molar-refractivity contribution in [1.82, 2.24) is 4.98 Å². The average molecular weight is 187 g/mol. The lowest BCUT2D eigenvalue weighted by Gasteiger charge is -2.02. The Hall–Kier alpha value is -1.61. The third-order valence-electron chi connectivity index (χ3n) is 2.63. The summed E-state index contributed by atoms with van der Waals surface area (Å²) in [5, 5.41) is 1.10. The Morgan fingerprint density at radius 2 is 1.93 bits per heavy atom. The number of para-hydroxylation sites is 1. The molecule has 3 heteroatoms. The summed E-state index contributed by atoms with van der Waals surface area (Å²) in [6, 6.07) is 7.81. The first-order chi connectivity index (χ1) is 6.86. The average Bonchev–Trinajstić information content (AvgIpc) is 2.67. The van der Waals surface area contributed by atoms with Crippen molar-refractivity contribution in [3.63, 3.8) is 0 Å². The molecule has 0 fully saturated rings. The normalized spacial score (nSPS) is 14.6. The number of hydrogen-bond donors (Lipinski definition) is 1. The Labute approximate surface area is 80.3 Å². The van der Waals surface area contributed by atoms with Crippen LogP contribution in [0.2, 0.25) is 0 Å². The van der Waals surface area contributed by atoms with Crippen LogP contribution in [0.25, 0.3) is 10.9 Å². The van der Waals surface area contributed by atoms with Crippen LogP contribution in [-0.2, 0) is 18.0 Å². The summed E-state index contributed by atoms with van der Waals surface area (Å²) in [5.41, 5.74) is 2.70. The van der Waals surface area contributed by atoms with Crippen LogP contribution in [-0.4, -0.2) is 4.98 Å². The van der Waals surface area contributed by atoms with Crippen molar-refractivity contribution in [2.24, 2.45) is 0 Å². The van der Waals surface area contributed by atoms with Gasteiger partial charge in [-0.25, -0.2) is 0 Å². The van der Waals surface area contributed by atoms with Crippen LogP contribution in [0.1, 0.15) is 11.1 Å². The summed E-state index contributed by atoms with van der Waals surface area (Å²) in [4.78, 5) is 14.4. The number of pyridine rings is 1. The molecule has 0 saturated carbocycles. The van der Waals surface area contributed by atoms with E-state index in [1.807, 2.05) is 24.3 Å². The molecule has 1 N–H and O–H groups in total. The zero-order valence-corrected chi connectivity index (χ0v) is 7.54. The van der Waals surface area contributed by atoms with E-state index in [1.165, 1.54) is 0 Å². The lowest BCUT2D eigenvalue weighted by atomic mass is 10.1. The highest BCUT2D eigenvalue weighted by Gasteiger charge is 2.17. The molecule has 0 atom stereocenters. The van der Waals surface area contributed by atoms with E-state index in [9.17, 15) is 4.79 Å². The topological polar surface area (TPSA) is 42.1 Å². The molecule has 2 aromatic rings. The van der Waals surface area contributed by atoms with E-state index in [0.717, 1.165) is 22.0 Å². The van der Waals surface area contributed by atoms with Gasteiger partial charge in [-0.1, -0.05) is 18.2 Å². The maximum atomic E-state index is 11.6. The molecule has 0 unspecified atom stereocenters. The Morgan fingerprint density at radius 3 is 2.86 bits per heavy atom. The van der Waals surface area contributed by atoms with Crippen LogP contribution >= 0.6 is 0 Å². The van der Waals surface area contributed by atoms with Gasteiger partial charge in [-0.15, -0.1) is 0 Å². The second-order valence-electron chi connectivity index (χ2n) is 3.45. The zero-order valence-electron chi connectivity index (χ0n) is 7.54. The molecule has 0 amide bonds. The van der Waals surface area contributed by atoms with E-state index in [2.05, 4.69) is 4.98 Å². The molecule has 70 valence electrons. The van der Waals surface area contributed by atoms with Crippen LogP contribution in [0, 0.1) is 0 Å². The molecule has 0 radical (unpaired) electrons. The summed E-state index contributed by atoms with van der Waals surface area (Å²) in [5.74, 6) is 0. The van der Waals surface area contributed by atoms with Gasteiger partial charge in [0.1, 0.15) is 0 Å². The molecule has 3 rings (SSSR count). The number of fused-ring (bicyclic) bond motifs is 3. The van der Waals surface area contributed by atoms with Crippen LogP contribution < -0.4 is 5.56 Å². The third-order valence-corrected chi connectivity index (χ3v) is 2.63. The minimum absolute atomic E-state index is 0.0174. The monoisotopic (exact) mass is 187 g/mol. The second kappa shape index (κ2) is 2.69. The van der Waals surface area contributed by atoms with Crippen molar-refractivity contribution >= 4 is 10.9 Å². The Kier molecular flexibility index (Phi) is 1.49. The molecular weight excluding hydrogens is 178 g/mol. The number of aromatic nitrogens is 1. The maximum absolute atomic E-state index is 11.6. The fraction of sp³-hybridized carbons (Fsp3) is 0.182. The number of nitrogens with one attached hydrogen (secondary N) is 1. The van der Waals surface area contributed by atoms with Gasteiger partial charge in [-0.3, -0.25) is 4.79 Å². The molecule has 1 aromatic carbocycles. The lowest BCUT2D eigenvalue weighted by molar-refractivity contribution is 0.134. The Balaban J connectivity index is 2.52. The van der Waals surface area contributed by atoms with Crippen molar-refractivity contribution in [1.29, 1.82) is 0 Å². The summed E-state index contributed by atoms with van der Waals surface area (Å²) >= 11 is 0. The summed E-state index contributed by atoms with van der Waals surface area (Å²) in [6.07, 6.45) is 0. The molecule has 0 aliphatic carbocycles. The number of hydrogen-bond acceptors (Lipinski definition) is 2. The minimum Gasteiger partial charge on any atom is -0.372 e. The molecule has 0 saturated heterocycles. The summed E-state index contributed by atoms with van der Waals surface area (Å²) in [6.45, 7) is 0.995. The van der Waals surface area contributed by atoms with Gasteiger partial charge >= 0.3 is 0 Å². The SMILES string of the molecule is O=c1[nH]c2ccccc2c2c1COC2. The van der Waals surface area contributed by atoms with E-state index in [4.69, 9.17) is 4.74 Å². The second-order valence-corrected chi connectivity index (χ2v) is 3.45. The highest BCUT2D eigenvalue weighted by Crippen LogP contribution is 2.23. The Morgan fingerprint density at radius 1 is 1.14 bits per heavy atom. The molecule has 0 bridgehead atoms. The van der Waals surface area contributed by atoms with Gasteiger partial charge in [-0.05, 0) is 11.6 Å². The molecule has 3 nitrogen and oxygen atoms in total. The van der Waals surface area contributed by atoms with E-state index in [1.54, 1.807) is 0 Å². The number of rotatable bonds is 0. The largest absolute Gasteiger partial charge is 0.372 e. The van der Waals surface area contributed by atoms with Crippen molar-refractivity contribution in [3.05, 3.63) is 45.7 Å². The molecular formula is C11H9NO2. The molecule has 0 spiro atoms. The molecule has 1 aromatic heterocycles. The van der Waals surface area contributed by atoms with Gasteiger partial charge < -0.3 is 9.72 Å². The molecule has 14 heavy (non-hydrogen) atoms. The molecule has 1 aliphatic heterocycles. The van der Waals surface area contributed by atoms with Crippen molar-refractivity contribution in [2.75, 3.05) is 0 Å². The first-order valence-electron chi connectivity index (χ1n) is 4.57. The van der Waals surface area contributed by atoms with Gasteiger partial charge in [0.2, 0.25) is 0 Å². The first kappa shape index (κ1) is 7.76. The zero-order chi connectivity index (χ0) is 9.54. The van der Waals surface area contributed by atoms with Gasteiger partial charge in [0.25, 0.3) is 5.56 Å². The fourth-order valence-electron chi connectivity index (χ4n) is 1.93. The number of aromatic amines is 1. The van der Waals surface area contributed by atoms with Crippen molar-refractivity contribution in [2.45, 2.75) is 13.2 Å². The van der Waals surface area contributed by atoms with Crippen molar-refractivity contribution in [3.8, 4) is 0 Å². The van der Waals surface area contributed by atoms with E-state index < -0.39 is 0 Å². The summed E-state index contributed by atoms with van der Waals surface area (Å²) in [7, 11) is 0. The number of ether oxygens (including phenoxy) is 1. The Bertz CT molecular complexity index is 557. The van der Waals surface area contributed by atoms with Crippen LogP contribution in [0.5, 0.6) is 0 Å². The maximum Gasteiger partial charge on any atom is 0.254 e.